The summed E-state index contributed by atoms with van der Waals surface area (Å²) < 4.78 is 5.57. The van der Waals surface area contributed by atoms with Crippen molar-refractivity contribution in [2.24, 2.45) is 4.99 Å². The number of hydrogen-bond acceptors (Lipinski definition) is 3. The Morgan fingerprint density at radius 2 is 1.83 bits per heavy atom. The van der Waals surface area contributed by atoms with Gasteiger partial charge in [-0.05, 0) is 45.2 Å². The van der Waals surface area contributed by atoms with Crippen LogP contribution in [0.3, 0.4) is 0 Å². The lowest BCUT2D eigenvalue weighted by molar-refractivity contribution is 0.129. The topological polar surface area (TPSA) is 48.9 Å². The van der Waals surface area contributed by atoms with Crippen LogP contribution in [0.15, 0.2) is 4.99 Å². The lowest BCUT2D eigenvalue weighted by Crippen LogP contribution is -2.46. The molecule has 6 heteroatoms. The third kappa shape index (κ3) is 10.4. The number of nitrogens with zero attached hydrogens (tertiary/aromatic N) is 2. The van der Waals surface area contributed by atoms with E-state index in [1.165, 1.54) is 38.8 Å². The molecular weight excluding hydrogens is 403 g/mol. The standard InChI is InChI=1S/C17H36N4O.HI/c1-4-6-13-22-14-9-10-19-17(18-3)20-15-16(5-2)21-11-7-8-12-21;/h16H,4-15H2,1-3H3,(H2,18,19,20);1H. The monoisotopic (exact) mass is 440 g/mol. The molecule has 1 unspecified atom stereocenters. The Bertz CT molecular complexity index is 296. The van der Waals surface area contributed by atoms with Gasteiger partial charge in [0.25, 0.3) is 0 Å². The molecule has 0 amide bonds. The molecule has 0 aromatic heterocycles. The van der Waals surface area contributed by atoms with Crippen LogP contribution in [0, 0.1) is 0 Å². The largest absolute Gasteiger partial charge is 0.381 e. The van der Waals surface area contributed by atoms with Crippen molar-refractivity contribution in [3.63, 3.8) is 0 Å². The number of halogens is 1. The van der Waals surface area contributed by atoms with Gasteiger partial charge in [0, 0.05) is 39.4 Å². The van der Waals surface area contributed by atoms with Crippen LogP contribution in [0.2, 0.25) is 0 Å². The van der Waals surface area contributed by atoms with Crippen molar-refractivity contribution < 1.29 is 4.74 Å². The summed E-state index contributed by atoms with van der Waals surface area (Å²) in [5.41, 5.74) is 0. The van der Waals surface area contributed by atoms with E-state index in [-0.39, 0.29) is 24.0 Å². The maximum absolute atomic E-state index is 5.57. The number of ether oxygens (including phenoxy) is 1. The van der Waals surface area contributed by atoms with Crippen LogP contribution in [-0.4, -0.2) is 63.3 Å². The first kappa shape index (κ1) is 22.9. The Morgan fingerprint density at radius 3 is 2.43 bits per heavy atom. The molecule has 1 fully saturated rings. The first-order chi connectivity index (χ1) is 10.8. The van der Waals surface area contributed by atoms with Crippen molar-refractivity contribution in [3.05, 3.63) is 0 Å². The Hall–Kier alpha value is -0.0800. The van der Waals surface area contributed by atoms with E-state index in [1.807, 2.05) is 7.05 Å². The van der Waals surface area contributed by atoms with Crippen LogP contribution >= 0.6 is 24.0 Å². The minimum Gasteiger partial charge on any atom is -0.381 e. The zero-order valence-electron chi connectivity index (χ0n) is 15.3. The Morgan fingerprint density at radius 1 is 1.13 bits per heavy atom. The van der Waals surface area contributed by atoms with Crippen LogP contribution in [-0.2, 0) is 4.74 Å². The zero-order valence-corrected chi connectivity index (χ0v) is 17.6. The van der Waals surface area contributed by atoms with E-state index < -0.39 is 0 Å². The molecular formula is C17H37IN4O. The van der Waals surface area contributed by atoms with Gasteiger partial charge in [0.05, 0.1) is 0 Å². The van der Waals surface area contributed by atoms with E-state index in [0.717, 1.165) is 45.1 Å². The van der Waals surface area contributed by atoms with Gasteiger partial charge in [0.1, 0.15) is 0 Å². The van der Waals surface area contributed by atoms with Crippen LogP contribution in [0.5, 0.6) is 0 Å². The quantitative estimate of drug-likeness (QED) is 0.225. The second-order valence-electron chi connectivity index (χ2n) is 6.00. The van der Waals surface area contributed by atoms with Gasteiger partial charge in [-0.1, -0.05) is 20.3 Å². The summed E-state index contributed by atoms with van der Waals surface area (Å²) in [4.78, 5) is 6.90. The van der Waals surface area contributed by atoms with E-state index in [0.29, 0.717) is 6.04 Å². The number of aliphatic imine (C=N–C) groups is 1. The SMILES string of the molecule is CCCCOCCCNC(=NC)NCC(CC)N1CCCC1.I. The minimum absolute atomic E-state index is 0. The van der Waals surface area contributed by atoms with Crippen molar-refractivity contribution in [1.29, 1.82) is 0 Å². The molecule has 1 aliphatic rings. The van der Waals surface area contributed by atoms with Crippen LogP contribution in [0.1, 0.15) is 52.4 Å². The van der Waals surface area contributed by atoms with Gasteiger partial charge in [-0.3, -0.25) is 9.89 Å². The number of rotatable bonds is 11. The highest BCUT2D eigenvalue weighted by atomic mass is 127. The molecule has 0 radical (unpaired) electrons. The number of nitrogens with one attached hydrogen (secondary N) is 2. The summed E-state index contributed by atoms with van der Waals surface area (Å²) >= 11 is 0. The fourth-order valence-electron chi connectivity index (χ4n) is 2.80. The van der Waals surface area contributed by atoms with Gasteiger partial charge >= 0.3 is 0 Å². The summed E-state index contributed by atoms with van der Waals surface area (Å²) in [6, 6.07) is 0.624. The molecule has 5 nitrogen and oxygen atoms in total. The molecule has 23 heavy (non-hydrogen) atoms. The van der Waals surface area contributed by atoms with Crippen molar-refractivity contribution in [2.45, 2.75) is 58.4 Å². The summed E-state index contributed by atoms with van der Waals surface area (Å²) in [6.07, 6.45) is 7.27. The third-order valence-electron chi connectivity index (χ3n) is 4.26. The highest BCUT2D eigenvalue weighted by Crippen LogP contribution is 2.13. The van der Waals surface area contributed by atoms with Crippen molar-refractivity contribution in [3.8, 4) is 0 Å². The molecule has 1 saturated heterocycles. The van der Waals surface area contributed by atoms with Gasteiger partial charge < -0.3 is 15.4 Å². The maximum Gasteiger partial charge on any atom is 0.191 e. The second-order valence-corrected chi connectivity index (χ2v) is 6.00. The summed E-state index contributed by atoms with van der Waals surface area (Å²) in [7, 11) is 1.84. The molecule has 1 rings (SSSR count). The Labute approximate surface area is 160 Å². The lowest BCUT2D eigenvalue weighted by Gasteiger charge is -2.27. The molecule has 0 spiro atoms. The first-order valence-corrected chi connectivity index (χ1v) is 9.08. The van der Waals surface area contributed by atoms with Gasteiger partial charge in [0.2, 0.25) is 0 Å². The number of hydrogen-bond donors (Lipinski definition) is 2. The highest BCUT2D eigenvalue weighted by molar-refractivity contribution is 14.0. The van der Waals surface area contributed by atoms with Crippen molar-refractivity contribution in [1.82, 2.24) is 15.5 Å². The molecule has 0 saturated carbocycles. The van der Waals surface area contributed by atoms with E-state index in [4.69, 9.17) is 4.74 Å². The van der Waals surface area contributed by atoms with Gasteiger partial charge in [-0.2, -0.15) is 0 Å². The fraction of sp³-hybridized carbons (Fsp3) is 0.941. The average molecular weight is 440 g/mol. The maximum atomic E-state index is 5.57. The normalized spacial score (nSPS) is 16.9. The molecule has 0 aromatic rings. The fourth-order valence-corrected chi connectivity index (χ4v) is 2.80. The van der Waals surface area contributed by atoms with E-state index in [2.05, 4.69) is 34.4 Å². The van der Waals surface area contributed by atoms with E-state index in [1.54, 1.807) is 0 Å². The molecule has 2 N–H and O–H groups in total. The number of guanidine groups is 1. The van der Waals surface area contributed by atoms with Gasteiger partial charge in [-0.15, -0.1) is 24.0 Å². The number of unbranched alkanes of at least 4 members (excludes halogenated alkanes) is 1. The predicted octanol–water partition coefficient (Wildman–Crippen LogP) is 2.85. The molecule has 1 heterocycles. The molecule has 1 atom stereocenters. The van der Waals surface area contributed by atoms with Crippen LogP contribution < -0.4 is 10.6 Å². The number of likely N-dealkylation sites (tertiary alicyclic amines) is 1. The third-order valence-corrected chi connectivity index (χ3v) is 4.26. The van der Waals surface area contributed by atoms with Crippen molar-refractivity contribution in [2.75, 3.05) is 46.4 Å². The minimum atomic E-state index is 0. The first-order valence-electron chi connectivity index (χ1n) is 9.08. The molecule has 0 aliphatic carbocycles. The van der Waals surface area contributed by atoms with Crippen molar-refractivity contribution >= 4 is 29.9 Å². The summed E-state index contributed by atoms with van der Waals surface area (Å²) in [5, 5.41) is 6.84. The second kappa shape index (κ2) is 15.4. The molecule has 138 valence electrons. The van der Waals surface area contributed by atoms with Crippen LogP contribution in [0.25, 0.3) is 0 Å². The highest BCUT2D eigenvalue weighted by Gasteiger charge is 2.20. The molecule has 0 aromatic carbocycles. The van der Waals surface area contributed by atoms with Gasteiger partial charge in [-0.25, -0.2) is 0 Å². The average Bonchev–Trinajstić information content (AvgIpc) is 3.07. The predicted molar refractivity (Wildman–Crippen MR) is 110 cm³/mol. The van der Waals surface area contributed by atoms with Gasteiger partial charge in [0.15, 0.2) is 5.96 Å². The van der Waals surface area contributed by atoms with E-state index in [9.17, 15) is 0 Å². The smallest absolute Gasteiger partial charge is 0.191 e. The molecule has 0 bridgehead atoms. The molecule has 1 aliphatic heterocycles. The summed E-state index contributed by atoms with van der Waals surface area (Å²) in [6.45, 7) is 10.6. The van der Waals surface area contributed by atoms with Crippen LogP contribution in [0.4, 0.5) is 0 Å². The Kier molecular flexibility index (Phi) is 15.4. The Balaban J connectivity index is 0.00000484. The van der Waals surface area contributed by atoms with E-state index >= 15 is 0 Å². The lowest BCUT2D eigenvalue weighted by atomic mass is 10.2. The summed E-state index contributed by atoms with van der Waals surface area (Å²) in [5.74, 6) is 0.909. The zero-order chi connectivity index (χ0) is 16.0.